The molecule has 0 atom stereocenters. The molecular formula is C18H17F4N3O2. The van der Waals surface area contributed by atoms with Gasteiger partial charge < -0.3 is 9.64 Å². The standard InChI is InChI=1S/C18H17F4N3O2/c19-13-9-11(17(26)24-6-1-2-7-24)3-4-15(13)25-14-5-8-27-10-12(14)16(23-25)18(20,21)22/h3-4,9H,1-2,5-8,10H2. The van der Waals surface area contributed by atoms with Crippen LogP contribution in [0, 0.1) is 5.82 Å². The first-order chi connectivity index (χ1) is 12.9. The van der Waals surface area contributed by atoms with Crippen molar-refractivity contribution in [2.24, 2.45) is 0 Å². The minimum Gasteiger partial charge on any atom is -0.376 e. The van der Waals surface area contributed by atoms with Gasteiger partial charge in [0.15, 0.2) is 5.69 Å². The molecule has 9 heteroatoms. The fourth-order valence-corrected chi connectivity index (χ4v) is 3.58. The second-order valence-electron chi connectivity index (χ2n) is 6.65. The molecule has 0 radical (unpaired) electrons. The molecule has 27 heavy (non-hydrogen) atoms. The lowest BCUT2D eigenvalue weighted by molar-refractivity contribution is -0.142. The van der Waals surface area contributed by atoms with Gasteiger partial charge in [0.2, 0.25) is 0 Å². The Morgan fingerprint density at radius 2 is 1.93 bits per heavy atom. The molecule has 2 aliphatic heterocycles. The molecule has 1 aromatic carbocycles. The summed E-state index contributed by atoms with van der Waals surface area (Å²) in [5, 5.41) is 3.62. The first kappa shape index (κ1) is 18.0. The van der Waals surface area contributed by atoms with Gasteiger partial charge in [-0.2, -0.15) is 18.3 Å². The molecule has 1 saturated heterocycles. The number of fused-ring (bicyclic) bond motifs is 1. The second-order valence-corrected chi connectivity index (χ2v) is 6.65. The van der Waals surface area contributed by atoms with E-state index in [4.69, 9.17) is 4.74 Å². The monoisotopic (exact) mass is 383 g/mol. The van der Waals surface area contributed by atoms with Gasteiger partial charge in [0.05, 0.1) is 18.9 Å². The van der Waals surface area contributed by atoms with E-state index in [1.54, 1.807) is 4.90 Å². The third-order valence-electron chi connectivity index (χ3n) is 4.90. The quantitative estimate of drug-likeness (QED) is 0.748. The van der Waals surface area contributed by atoms with Gasteiger partial charge in [-0.25, -0.2) is 9.07 Å². The van der Waals surface area contributed by atoms with E-state index in [1.807, 2.05) is 0 Å². The van der Waals surface area contributed by atoms with E-state index in [1.165, 1.54) is 12.1 Å². The van der Waals surface area contributed by atoms with Crippen LogP contribution < -0.4 is 0 Å². The Hall–Kier alpha value is -2.42. The van der Waals surface area contributed by atoms with Crippen LogP contribution in [-0.2, 0) is 23.9 Å². The molecule has 0 bridgehead atoms. The minimum absolute atomic E-state index is 0.0645. The molecule has 3 heterocycles. The largest absolute Gasteiger partial charge is 0.435 e. The van der Waals surface area contributed by atoms with Gasteiger partial charge in [0.25, 0.3) is 5.91 Å². The summed E-state index contributed by atoms with van der Waals surface area (Å²) in [5.41, 5.74) is -0.773. The van der Waals surface area contributed by atoms with Crippen LogP contribution in [0.5, 0.6) is 0 Å². The number of hydrogen-bond donors (Lipinski definition) is 0. The van der Waals surface area contributed by atoms with Crippen LogP contribution in [0.1, 0.15) is 40.2 Å². The zero-order chi connectivity index (χ0) is 19.2. The highest BCUT2D eigenvalue weighted by Gasteiger charge is 2.40. The molecule has 2 aromatic rings. The minimum atomic E-state index is -4.65. The maximum absolute atomic E-state index is 14.7. The topological polar surface area (TPSA) is 47.4 Å². The van der Waals surface area contributed by atoms with Crippen LogP contribution in [0.15, 0.2) is 18.2 Å². The predicted octanol–water partition coefficient (Wildman–Crippen LogP) is 3.34. The van der Waals surface area contributed by atoms with Crippen molar-refractivity contribution in [1.29, 1.82) is 0 Å². The van der Waals surface area contributed by atoms with E-state index < -0.39 is 17.7 Å². The average molecular weight is 383 g/mol. The van der Waals surface area contributed by atoms with Crippen LogP contribution in [0.4, 0.5) is 17.6 Å². The number of rotatable bonds is 2. The first-order valence-corrected chi connectivity index (χ1v) is 8.71. The van der Waals surface area contributed by atoms with Crippen molar-refractivity contribution >= 4 is 5.91 Å². The van der Waals surface area contributed by atoms with Gasteiger partial charge >= 0.3 is 6.18 Å². The number of likely N-dealkylation sites (tertiary alicyclic amines) is 1. The maximum Gasteiger partial charge on any atom is 0.435 e. The summed E-state index contributed by atoms with van der Waals surface area (Å²) in [5.74, 6) is -1.06. The number of benzene rings is 1. The zero-order valence-electron chi connectivity index (χ0n) is 14.4. The average Bonchev–Trinajstić information content (AvgIpc) is 3.29. The number of nitrogens with zero attached hydrogens (tertiary/aromatic N) is 3. The molecule has 1 fully saturated rings. The van der Waals surface area contributed by atoms with Gasteiger partial charge in [0.1, 0.15) is 11.5 Å². The Bertz CT molecular complexity index is 885. The Labute approximate surface area is 152 Å². The predicted molar refractivity (Wildman–Crippen MR) is 87.0 cm³/mol. The van der Waals surface area contributed by atoms with Crippen molar-refractivity contribution in [3.8, 4) is 5.69 Å². The van der Waals surface area contributed by atoms with E-state index in [9.17, 15) is 22.4 Å². The molecule has 144 valence electrons. The summed E-state index contributed by atoms with van der Waals surface area (Å²) in [7, 11) is 0. The second kappa shape index (κ2) is 6.63. The van der Waals surface area contributed by atoms with Crippen LogP contribution >= 0.6 is 0 Å². The molecule has 4 rings (SSSR count). The fraction of sp³-hybridized carbons (Fsp3) is 0.444. The molecule has 0 saturated carbocycles. The van der Waals surface area contributed by atoms with Crippen LogP contribution in [0.2, 0.25) is 0 Å². The number of hydrogen-bond acceptors (Lipinski definition) is 3. The molecule has 5 nitrogen and oxygen atoms in total. The highest BCUT2D eigenvalue weighted by Crippen LogP contribution is 2.36. The smallest absolute Gasteiger partial charge is 0.376 e. The lowest BCUT2D eigenvalue weighted by atomic mass is 10.1. The van der Waals surface area contributed by atoms with E-state index in [0.29, 0.717) is 13.1 Å². The molecule has 0 spiro atoms. The van der Waals surface area contributed by atoms with Crippen LogP contribution in [0.3, 0.4) is 0 Å². The Morgan fingerprint density at radius 1 is 1.19 bits per heavy atom. The van der Waals surface area contributed by atoms with Crippen molar-refractivity contribution in [1.82, 2.24) is 14.7 Å². The summed E-state index contributed by atoms with van der Waals surface area (Å²) in [6.07, 6.45) is -2.63. The number of carbonyl (C=O) groups is 1. The molecular weight excluding hydrogens is 366 g/mol. The van der Waals surface area contributed by atoms with E-state index in [-0.39, 0.29) is 48.0 Å². The molecule has 0 N–H and O–H groups in total. The van der Waals surface area contributed by atoms with Gasteiger partial charge in [-0.3, -0.25) is 4.79 Å². The molecule has 0 unspecified atom stereocenters. The molecule has 1 aromatic heterocycles. The Balaban J connectivity index is 1.74. The summed E-state index contributed by atoms with van der Waals surface area (Å²) >= 11 is 0. The summed E-state index contributed by atoms with van der Waals surface area (Å²) < 4.78 is 60.6. The number of amides is 1. The van der Waals surface area contributed by atoms with Crippen molar-refractivity contribution in [2.75, 3.05) is 19.7 Å². The molecule has 0 aliphatic carbocycles. The van der Waals surface area contributed by atoms with Gasteiger partial charge in [-0.1, -0.05) is 0 Å². The Morgan fingerprint density at radius 3 is 2.59 bits per heavy atom. The van der Waals surface area contributed by atoms with E-state index in [2.05, 4.69) is 5.10 Å². The zero-order valence-corrected chi connectivity index (χ0v) is 14.4. The van der Waals surface area contributed by atoms with Crippen LogP contribution in [-0.4, -0.2) is 40.3 Å². The fourth-order valence-electron chi connectivity index (χ4n) is 3.58. The maximum atomic E-state index is 14.7. The number of ether oxygens (including phenoxy) is 1. The summed E-state index contributed by atoms with van der Waals surface area (Å²) in [4.78, 5) is 14.0. The summed E-state index contributed by atoms with van der Waals surface area (Å²) in [6.45, 7) is 1.29. The van der Waals surface area contributed by atoms with Crippen molar-refractivity contribution in [3.05, 3.63) is 46.5 Å². The number of carbonyl (C=O) groups excluding carboxylic acids is 1. The third-order valence-corrected chi connectivity index (χ3v) is 4.90. The van der Waals surface area contributed by atoms with E-state index in [0.717, 1.165) is 23.6 Å². The number of alkyl halides is 3. The van der Waals surface area contributed by atoms with Gasteiger partial charge in [-0.15, -0.1) is 0 Å². The number of halogens is 4. The van der Waals surface area contributed by atoms with Crippen molar-refractivity contribution in [3.63, 3.8) is 0 Å². The van der Waals surface area contributed by atoms with Crippen molar-refractivity contribution < 1.29 is 27.1 Å². The van der Waals surface area contributed by atoms with Gasteiger partial charge in [-0.05, 0) is 31.0 Å². The SMILES string of the molecule is O=C(c1ccc(-n2nc(C(F)(F)F)c3c2CCOC3)c(F)c1)N1CCCC1. The first-order valence-electron chi connectivity index (χ1n) is 8.71. The molecule has 2 aliphatic rings. The highest BCUT2D eigenvalue weighted by molar-refractivity contribution is 5.94. The molecule has 1 amide bonds. The highest BCUT2D eigenvalue weighted by atomic mass is 19.4. The van der Waals surface area contributed by atoms with Gasteiger partial charge in [0, 0.05) is 30.6 Å². The van der Waals surface area contributed by atoms with E-state index >= 15 is 0 Å². The Kier molecular flexibility index (Phi) is 4.41. The summed E-state index contributed by atoms with van der Waals surface area (Å²) in [6, 6.07) is 3.80. The normalized spacial score (nSPS) is 17.3. The number of aromatic nitrogens is 2. The lowest BCUT2D eigenvalue weighted by Crippen LogP contribution is -2.27. The lowest BCUT2D eigenvalue weighted by Gasteiger charge is -2.17. The van der Waals surface area contributed by atoms with Crippen LogP contribution in [0.25, 0.3) is 5.69 Å². The third kappa shape index (κ3) is 3.20. The van der Waals surface area contributed by atoms with Crippen molar-refractivity contribution in [2.45, 2.75) is 32.0 Å².